The van der Waals surface area contributed by atoms with E-state index in [0.29, 0.717) is 12.6 Å². The van der Waals surface area contributed by atoms with E-state index in [1.54, 1.807) is 0 Å². The average Bonchev–Trinajstić information content (AvgIpc) is 2.27. The van der Waals surface area contributed by atoms with Gasteiger partial charge in [-0.2, -0.15) is 0 Å². The van der Waals surface area contributed by atoms with Crippen LogP contribution in [0.25, 0.3) is 0 Å². The van der Waals surface area contributed by atoms with Gasteiger partial charge in [-0.25, -0.2) is 0 Å². The van der Waals surface area contributed by atoms with Crippen molar-refractivity contribution in [1.29, 1.82) is 0 Å². The number of nitrogens with zero attached hydrogens (tertiary/aromatic N) is 1. The summed E-state index contributed by atoms with van der Waals surface area (Å²) in [6.45, 7) is 13.7. The van der Waals surface area contributed by atoms with Crippen LogP contribution in [0.5, 0.6) is 0 Å². The third kappa shape index (κ3) is 3.08. The fourth-order valence-electron chi connectivity index (χ4n) is 2.83. The molecule has 0 aromatic heterocycles. The van der Waals surface area contributed by atoms with Crippen LogP contribution < -0.4 is 5.73 Å². The highest BCUT2D eigenvalue weighted by molar-refractivity contribution is 5.39. The molecule has 0 aliphatic heterocycles. The molecular formula is C15H26N2. The maximum Gasteiger partial charge on any atom is 0.0475 e. The highest BCUT2D eigenvalue weighted by atomic mass is 15.2. The molecule has 0 aliphatic carbocycles. The van der Waals surface area contributed by atoms with Crippen LogP contribution in [0, 0.1) is 20.8 Å². The summed E-state index contributed by atoms with van der Waals surface area (Å²) in [4.78, 5) is 2.44. The van der Waals surface area contributed by atoms with E-state index in [1.165, 1.54) is 22.3 Å². The molecule has 0 aliphatic rings. The molecule has 2 heteroatoms. The van der Waals surface area contributed by atoms with Crippen molar-refractivity contribution in [3.05, 3.63) is 34.4 Å². The Morgan fingerprint density at radius 1 is 1.06 bits per heavy atom. The van der Waals surface area contributed by atoms with Gasteiger partial charge in [0, 0.05) is 12.6 Å². The number of nitrogens with two attached hydrogens (primary N) is 1. The lowest BCUT2D eigenvalue weighted by Crippen LogP contribution is -2.34. The van der Waals surface area contributed by atoms with Crippen molar-refractivity contribution in [2.24, 2.45) is 5.73 Å². The zero-order chi connectivity index (χ0) is 13.0. The smallest absolute Gasteiger partial charge is 0.0475 e. The number of hydrogen-bond donors (Lipinski definition) is 1. The molecule has 96 valence electrons. The van der Waals surface area contributed by atoms with Crippen LogP contribution in [0.4, 0.5) is 0 Å². The molecular weight excluding hydrogens is 208 g/mol. The van der Waals surface area contributed by atoms with E-state index in [0.717, 1.165) is 13.1 Å². The molecule has 0 spiro atoms. The summed E-state index contributed by atoms with van der Waals surface area (Å²) in [5.41, 5.74) is 11.5. The van der Waals surface area contributed by atoms with Gasteiger partial charge in [0.2, 0.25) is 0 Å². The highest BCUT2D eigenvalue weighted by Gasteiger charge is 2.19. The zero-order valence-corrected chi connectivity index (χ0v) is 11.9. The Morgan fingerprint density at radius 3 is 1.88 bits per heavy atom. The Bertz CT molecular complexity index is 344. The third-order valence-corrected chi connectivity index (χ3v) is 3.55. The van der Waals surface area contributed by atoms with Crippen molar-refractivity contribution in [2.75, 3.05) is 19.6 Å². The van der Waals surface area contributed by atoms with Crippen LogP contribution in [-0.4, -0.2) is 24.5 Å². The molecule has 1 atom stereocenters. The summed E-state index contributed by atoms with van der Waals surface area (Å²) in [6.07, 6.45) is 0. The molecule has 17 heavy (non-hydrogen) atoms. The highest BCUT2D eigenvalue weighted by Crippen LogP contribution is 2.27. The summed E-state index contributed by atoms with van der Waals surface area (Å²) in [6, 6.07) is 4.87. The second-order valence-corrected chi connectivity index (χ2v) is 4.79. The quantitative estimate of drug-likeness (QED) is 0.848. The van der Waals surface area contributed by atoms with Gasteiger partial charge in [0.15, 0.2) is 0 Å². The van der Waals surface area contributed by atoms with Crippen molar-refractivity contribution in [2.45, 2.75) is 40.7 Å². The minimum Gasteiger partial charge on any atom is -0.329 e. The summed E-state index contributed by atoms with van der Waals surface area (Å²) >= 11 is 0. The lowest BCUT2D eigenvalue weighted by molar-refractivity contribution is 0.223. The molecule has 0 fully saturated rings. The summed E-state index contributed by atoms with van der Waals surface area (Å²) in [7, 11) is 0. The molecule has 0 amide bonds. The summed E-state index contributed by atoms with van der Waals surface area (Å²) in [5.74, 6) is 0. The minimum atomic E-state index is 0.352. The van der Waals surface area contributed by atoms with Crippen molar-refractivity contribution in [3.63, 3.8) is 0 Å². The van der Waals surface area contributed by atoms with Gasteiger partial charge in [0.25, 0.3) is 0 Å². The van der Waals surface area contributed by atoms with E-state index < -0.39 is 0 Å². The van der Waals surface area contributed by atoms with Crippen molar-refractivity contribution < 1.29 is 0 Å². The molecule has 2 nitrogen and oxygen atoms in total. The van der Waals surface area contributed by atoms with Gasteiger partial charge in [-0.3, -0.25) is 4.90 Å². The Hall–Kier alpha value is -0.860. The van der Waals surface area contributed by atoms with Gasteiger partial charge >= 0.3 is 0 Å². The minimum absolute atomic E-state index is 0.352. The van der Waals surface area contributed by atoms with Gasteiger partial charge in [-0.15, -0.1) is 0 Å². The van der Waals surface area contributed by atoms with E-state index in [9.17, 15) is 0 Å². The van der Waals surface area contributed by atoms with Crippen LogP contribution in [0.15, 0.2) is 12.1 Å². The average molecular weight is 234 g/mol. The van der Waals surface area contributed by atoms with E-state index in [-0.39, 0.29) is 0 Å². The van der Waals surface area contributed by atoms with Crippen molar-refractivity contribution >= 4 is 0 Å². The number of aryl methyl sites for hydroxylation is 3. The standard InChI is InChI=1S/C15H26N2/c1-6-17(7-2)14(10-16)15-12(4)8-11(3)9-13(15)5/h8-9,14H,6-7,10,16H2,1-5H3. The van der Waals surface area contributed by atoms with Crippen LogP contribution in [0.1, 0.15) is 42.1 Å². The topological polar surface area (TPSA) is 29.3 Å². The van der Waals surface area contributed by atoms with Gasteiger partial charge in [0.1, 0.15) is 0 Å². The van der Waals surface area contributed by atoms with Crippen molar-refractivity contribution in [1.82, 2.24) is 4.90 Å². The van der Waals surface area contributed by atoms with Gasteiger partial charge in [-0.1, -0.05) is 31.5 Å². The first kappa shape index (κ1) is 14.2. The molecule has 0 heterocycles. The molecule has 1 rings (SSSR count). The van der Waals surface area contributed by atoms with Crippen LogP contribution in [0.2, 0.25) is 0 Å². The molecule has 0 radical (unpaired) electrons. The first-order valence-corrected chi connectivity index (χ1v) is 6.56. The van der Waals surface area contributed by atoms with Gasteiger partial charge in [0.05, 0.1) is 0 Å². The Labute approximate surface area is 106 Å². The predicted molar refractivity (Wildman–Crippen MR) is 75.4 cm³/mol. The fourth-order valence-corrected chi connectivity index (χ4v) is 2.83. The maximum absolute atomic E-state index is 5.99. The number of likely N-dealkylation sites (N-methyl/N-ethyl adjacent to an activating group) is 1. The largest absolute Gasteiger partial charge is 0.329 e. The monoisotopic (exact) mass is 234 g/mol. The number of benzene rings is 1. The molecule has 1 aromatic rings. The molecule has 0 saturated carbocycles. The predicted octanol–water partition coefficient (Wildman–Crippen LogP) is 2.95. The maximum atomic E-state index is 5.99. The third-order valence-electron chi connectivity index (χ3n) is 3.55. The van der Waals surface area contributed by atoms with Gasteiger partial charge < -0.3 is 5.73 Å². The lowest BCUT2D eigenvalue weighted by Gasteiger charge is -2.31. The fraction of sp³-hybridized carbons (Fsp3) is 0.600. The van der Waals surface area contributed by atoms with Crippen molar-refractivity contribution in [3.8, 4) is 0 Å². The van der Waals surface area contributed by atoms with Crippen LogP contribution in [0.3, 0.4) is 0 Å². The number of hydrogen-bond acceptors (Lipinski definition) is 2. The van der Waals surface area contributed by atoms with E-state index >= 15 is 0 Å². The Kier molecular flexibility index (Phi) is 5.16. The molecule has 0 bridgehead atoms. The van der Waals surface area contributed by atoms with E-state index in [4.69, 9.17) is 5.73 Å². The lowest BCUT2D eigenvalue weighted by atomic mass is 9.93. The van der Waals surface area contributed by atoms with E-state index in [1.807, 2.05) is 0 Å². The van der Waals surface area contributed by atoms with Crippen LogP contribution >= 0.6 is 0 Å². The molecule has 2 N–H and O–H groups in total. The molecule has 1 unspecified atom stereocenters. The Balaban J connectivity index is 3.20. The zero-order valence-electron chi connectivity index (χ0n) is 11.9. The second kappa shape index (κ2) is 6.18. The van der Waals surface area contributed by atoms with Gasteiger partial charge in [-0.05, 0) is 50.6 Å². The van der Waals surface area contributed by atoms with E-state index in [2.05, 4.69) is 51.7 Å². The first-order chi connectivity index (χ1) is 8.04. The summed E-state index contributed by atoms with van der Waals surface area (Å²) in [5, 5.41) is 0. The Morgan fingerprint density at radius 2 is 1.53 bits per heavy atom. The number of rotatable bonds is 5. The summed E-state index contributed by atoms with van der Waals surface area (Å²) < 4.78 is 0. The SMILES string of the molecule is CCN(CC)C(CN)c1c(C)cc(C)cc1C. The first-order valence-electron chi connectivity index (χ1n) is 6.56. The molecule has 1 aromatic carbocycles. The van der Waals surface area contributed by atoms with Crippen LogP contribution in [-0.2, 0) is 0 Å². The normalized spacial score (nSPS) is 13.1. The second-order valence-electron chi connectivity index (χ2n) is 4.79. The molecule has 0 saturated heterocycles.